The largest absolute Gasteiger partial charge is 0.361 e. The zero-order chi connectivity index (χ0) is 9.84. The van der Waals surface area contributed by atoms with E-state index in [4.69, 9.17) is 5.41 Å². The van der Waals surface area contributed by atoms with Crippen LogP contribution in [-0.2, 0) is 4.79 Å². The highest BCUT2D eigenvalue weighted by molar-refractivity contribution is 5.76. The lowest BCUT2D eigenvalue weighted by Gasteiger charge is -2.32. The van der Waals surface area contributed by atoms with E-state index in [0.717, 1.165) is 25.9 Å². The monoisotopic (exact) mass is 183 g/mol. The van der Waals surface area contributed by atoms with Crippen molar-refractivity contribution < 1.29 is 4.79 Å². The third kappa shape index (κ3) is 3.05. The molecular formula is C9H17N3O. The Labute approximate surface area is 78.8 Å². The predicted octanol–water partition coefficient (Wildman–Crippen LogP) is 0.584. The Bertz CT molecular complexity index is 207. The van der Waals surface area contributed by atoms with Crippen LogP contribution in [0.3, 0.4) is 0 Å². The number of rotatable bonds is 1. The number of hydrogen-bond donors (Lipinski definition) is 2. The average Bonchev–Trinajstić information content (AvgIpc) is 2.04. The SMILES string of the molecule is CC(=N)N1CCC(NC(C)=O)CC1. The van der Waals surface area contributed by atoms with Gasteiger partial charge in [0.15, 0.2) is 0 Å². The van der Waals surface area contributed by atoms with Gasteiger partial charge in [0.2, 0.25) is 5.91 Å². The quantitative estimate of drug-likeness (QED) is 0.461. The van der Waals surface area contributed by atoms with Crippen molar-refractivity contribution >= 4 is 11.7 Å². The molecule has 0 aromatic heterocycles. The van der Waals surface area contributed by atoms with Gasteiger partial charge in [-0.3, -0.25) is 10.2 Å². The van der Waals surface area contributed by atoms with Crippen molar-refractivity contribution in [1.82, 2.24) is 10.2 Å². The molecule has 0 aliphatic carbocycles. The van der Waals surface area contributed by atoms with Crippen molar-refractivity contribution in [2.45, 2.75) is 32.7 Å². The van der Waals surface area contributed by atoms with Gasteiger partial charge in [0, 0.05) is 26.1 Å². The number of carbonyl (C=O) groups is 1. The maximum absolute atomic E-state index is 10.8. The molecule has 0 saturated carbocycles. The zero-order valence-electron chi connectivity index (χ0n) is 8.26. The summed E-state index contributed by atoms with van der Waals surface area (Å²) in [6.07, 6.45) is 1.91. The summed E-state index contributed by atoms with van der Waals surface area (Å²) in [5, 5.41) is 10.3. The molecule has 0 bridgehead atoms. The number of hydrogen-bond acceptors (Lipinski definition) is 2. The van der Waals surface area contributed by atoms with E-state index in [1.807, 2.05) is 4.90 Å². The Morgan fingerprint density at radius 2 is 1.92 bits per heavy atom. The van der Waals surface area contributed by atoms with E-state index in [0.29, 0.717) is 11.9 Å². The third-order valence-electron chi connectivity index (χ3n) is 2.38. The average molecular weight is 183 g/mol. The van der Waals surface area contributed by atoms with Gasteiger partial charge in [-0.25, -0.2) is 0 Å². The number of amidine groups is 1. The molecule has 1 aliphatic heterocycles. The summed E-state index contributed by atoms with van der Waals surface area (Å²) in [5.41, 5.74) is 0. The topological polar surface area (TPSA) is 56.2 Å². The molecule has 1 aliphatic rings. The Morgan fingerprint density at radius 1 is 1.38 bits per heavy atom. The minimum atomic E-state index is 0.0463. The number of nitrogens with one attached hydrogen (secondary N) is 2. The molecule has 0 spiro atoms. The van der Waals surface area contributed by atoms with Gasteiger partial charge in [0.1, 0.15) is 0 Å². The molecule has 0 atom stereocenters. The summed E-state index contributed by atoms with van der Waals surface area (Å²) in [6, 6.07) is 0.313. The van der Waals surface area contributed by atoms with Crippen molar-refractivity contribution in [3.05, 3.63) is 0 Å². The van der Waals surface area contributed by atoms with Crippen LogP contribution in [-0.4, -0.2) is 35.8 Å². The summed E-state index contributed by atoms with van der Waals surface area (Å²) in [4.78, 5) is 12.8. The van der Waals surface area contributed by atoms with Crippen LogP contribution in [0.2, 0.25) is 0 Å². The minimum Gasteiger partial charge on any atom is -0.361 e. The van der Waals surface area contributed by atoms with Gasteiger partial charge in [-0.05, 0) is 19.8 Å². The van der Waals surface area contributed by atoms with Crippen LogP contribution >= 0.6 is 0 Å². The summed E-state index contributed by atoms with van der Waals surface area (Å²) in [6.45, 7) is 5.13. The zero-order valence-corrected chi connectivity index (χ0v) is 8.26. The van der Waals surface area contributed by atoms with Gasteiger partial charge < -0.3 is 10.2 Å². The molecule has 1 saturated heterocycles. The lowest BCUT2D eigenvalue weighted by atomic mass is 10.1. The van der Waals surface area contributed by atoms with Gasteiger partial charge in [-0.2, -0.15) is 0 Å². The summed E-state index contributed by atoms with van der Waals surface area (Å²) >= 11 is 0. The standard InChI is InChI=1S/C9H17N3O/c1-7(10)12-5-3-9(4-6-12)11-8(2)13/h9-10H,3-6H2,1-2H3,(H,11,13). The molecular weight excluding hydrogens is 166 g/mol. The van der Waals surface area contributed by atoms with E-state index in [1.54, 1.807) is 13.8 Å². The number of amides is 1. The first kappa shape index (κ1) is 10.0. The van der Waals surface area contributed by atoms with Crippen LogP contribution in [0.1, 0.15) is 26.7 Å². The first-order chi connectivity index (χ1) is 6.09. The molecule has 1 heterocycles. The van der Waals surface area contributed by atoms with Gasteiger partial charge in [0.05, 0.1) is 5.84 Å². The van der Waals surface area contributed by atoms with Gasteiger partial charge in [0.25, 0.3) is 0 Å². The Balaban J connectivity index is 2.30. The third-order valence-corrected chi connectivity index (χ3v) is 2.38. The molecule has 0 radical (unpaired) electrons. The van der Waals surface area contributed by atoms with E-state index in [9.17, 15) is 4.79 Å². The van der Waals surface area contributed by atoms with Crippen molar-refractivity contribution in [2.75, 3.05) is 13.1 Å². The van der Waals surface area contributed by atoms with Crippen molar-refractivity contribution in [3.63, 3.8) is 0 Å². The second-order valence-electron chi connectivity index (χ2n) is 3.55. The van der Waals surface area contributed by atoms with Gasteiger partial charge in [-0.1, -0.05) is 0 Å². The fourth-order valence-corrected chi connectivity index (χ4v) is 1.65. The molecule has 1 rings (SSSR count). The highest BCUT2D eigenvalue weighted by Gasteiger charge is 2.19. The Kier molecular flexibility index (Phi) is 3.28. The van der Waals surface area contributed by atoms with E-state index in [-0.39, 0.29) is 5.91 Å². The minimum absolute atomic E-state index is 0.0463. The fraction of sp³-hybridized carbons (Fsp3) is 0.778. The van der Waals surface area contributed by atoms with Crippen molar-refractivity contribution in [1.29, 1.82) is 5.41 Å². The maximum atomic E-state index is 10.8. The first-order valence-corrected chi connectivity index (χ1v) is 4.67. The highest BCUT2D eigenvalue weighted by atomic mass is 16.1. The molecule has 74 valence electrons. The van der Waals surface area contributed by atoms with Crippen LogP contribution in [0.4, 0.5) is 0 Å². The van der Waals surface area contributed by atoms with Crippen molar-refractivity contribution in [3.8, 4) is 0 Å². The van der Waals surface area contributed by atoms with E-state index in [1.165, 1.54) is 0 Å². The molecule has 2 N–H and O–H groups in total. The predicted molar refractivity (Wildman–Crippen MR) is 51.8 cm³/mol. The number of carbonyl (C=O) groups excluding carboxylic acids is 1. The number of likely N-dealkylation sites (tertiary alicyclic amines) is 1. The molecule has 1 fully saturated rings. The Morgan fingerprint density at radius 3 is 2.31 bits per heavy atom. The highest BCUT2D eigenvalue weighted by Crippen LogP contribution is 2.09. The van der Waals surface area contributed by atoms with Crippen LogP contribution in [0, 0.1) is 5.41 Å². The first-order valence-electron chi connectivity index (χ1n) is 4.67. The normalized spacial score (nSPS) is 18.5. The molecule has 4 heteroatoms. The summed E-state index contributed by atoms with van der Waals surface area (Å²) in [7, 11) is 0. The molecule has 13 heavy (non-hydrogen) atoms. The van der Waals surface area contributed by atoms with Gasteiger partial charge in [-0.15, -0.1) is 0 Å². The second kappa shape index (κ2) is 4.25. The molecule has 4 nitrogen and oxygen atoms in total. The van der Waals surface area contributed by atoms with Crippen LogP contribution in [0.25, 0.3) is 0 Å². The second-order valence-corrected chi connectivity index (χ2v) is 3.55. The summed E-state index contributed by atoms with van der Waals surface area (Å²) in [5.74, 6) is 0.673. The molecule has 0 aromatic carbocycles. The van der Waals surface area contributed by atoms with E-state index < -0.39 is 0 Å². The maximum Gasteiger partial charge on any atom is 0.217 e. The molecule has 0 aromatic rings. The lowest BCUT2D eigenvalue weighted by molar-refractivity contribution is -0.119. The fourth-order valence-electron chi connectivity index (χ4n) is 1.65. The van der Waals surface area contributed by atoms with Crippen LogP contribution in [0.15, 0.2) is 0 Å². The molecule has 1 amide bonds. The summed E-state index contributed by atoms with van der Waals surface area (Å²) < 4.78 is 0. The molecule has 0 unspecified atom stereocenters. The van der Waals surface area contributed by atoms with E-state index in [2.05, 4.69) is 5.32 Å². The number of nitrogens with zero attached hydrogens (tertiary/aromatic N) is 1. The van der Waals surface area contributed by atoms with Crippen LogP contribution in [0.5, 0.6) is 0 Å². The van der Waals surface area contributed by atoms with Gasteiger partial charge >= 0.3 is 0 Å². The van der Waals surface area contributed by atoms with Crippen molar-refractivity contribution in [2.24, 2.45) is 0 Å². The van der Waals surface area contributed by atoms with Crippen LogP contribution < -0.4 is 5.32 Å². The lowest BCUT2D eigenvalue weighted by Crippen LogP contribution is -2.45. The Hall–Kier alpha value is -1.06. The number of piperidine rings is 1. The van der Waals surface area contributed by atoms with E-state index >= 15 is 0 Å². The smallest absolute Gasteiger partial charge is 0.217 e.